The van der Waals surface area contributed by atoms with Crippen molar-refractivity contribution < 1.29 is 23.9 Å². The molecule has 34 heavy (non-hydrogen) atoms. The van der Waals surface area contributed by atoms with Crippen molar-refractivity contribution in [2.75, 3.05) is 32.1 Å². The highest BCUT2D eigenvalue weighted by molar-refractivity contribution is 6.05. The SMILES string of the molecule is Cc1cc2c(cc1C(=O)N(C(C)C)C1CCCCC1)N(CCOC(=O)N(C)C)C(=O)C(C)(C)O2. The first-order valence-corrected chi connectivity index (χ1v) is 12.3. The van der Waals surface area contributed by atoms with E-state index in [2.05, 4.69) is 13.8 Å². The first-order valence-electron chi connectivity index (χ1n) is 12.3. The van der Waals surface area contributed by atoms with E-state index in [9.17, 15) is 14.4 Å². The molecule has 3 amide bonds. The monoisotopic (exact) mass is 473 g/mol. The largest absolute Gasteiger partial charge is 0.476 e. The minimum atomic E-state index is -1.07. The van der Waals surface area contributed by atoms with Gasteiger partial charge in [-0.3, -0.25) is 9.59 Å². The maximum Gasteiger partial charge on any atom is 0.409 e. The number of carbonyl (C=O) groups is 3. The summed E-state index contributed by atoms with van der Waals surface area (Å²) in [6, 6.07) is 3.92. The van der Waals surface area contributed by atoms with Crippen molar-refractivity contribution in [3.8, 4) is 5.75 Å². The number of benzene rings is 1. The molecule has 1 aromatic carbocycles. The van der Waals surface area contributed by atoms with Crippen molar-refractivity contribution in [2.24, 2.45) is 0 Å². The molecular weight excluding hydrogens is 434 g/mol. The van der Waals surface area contributed by atoms with E-state index in [-0.39, 0.29) is 37.0 Å². The zero-order chi connectivity index (χ0) is 25.2. The van der Waals surface area contributed by atoms with Crippen LogP contribution in [0.5, 0.6) is 5.75 Å². The third-order valence-electron chi connectivity index (χ3n) is 6.62. The zero-order valence-electron chi connectivity index (χ0n) is 21.6. The van der Waals surface area contributed by atoms with Crippen molar-refractivity contribution in [2.45, 2.75) is 84.4 Å². The molecule has 3 rings (SSSR count). The maximum absolute atomic E-state index is 13.8. The quantitative estimate of drug-likeness (QED) is 0.613. The smallest absolute Gasteiger partial charge is 0.409 e. The number of carbonyl (C=O) groups excluding carboxylic acids is 3. The van der Waals surface area contributed by atoms with Crippen LogP contribution in [-0.4, -0.2) is 72.6 Å². The van der Waals surface area contributed by atoms with Crippen molar-refractivity contribution in [3.05, 3.63) is 23.3 Å². The number of aryl methyl sites for hydroxylation is 1. The normalized spacial score (nSPS) is 17.8. The van der Waals surface area contributed by atoms with Crippen LogP contribution in [0.4, 0.5) is 10.5 Å². The van der Waals surface area contributed by atoms with Gasteiger partial charge in [0, 0.05) is 31.7 Å². The van der Waals surface area contributed by atoms with Gasteiger partial charge < -0.3 is 24.2 Å². The van der Waals surface area contributed by atoms with Crippen molar-refractivity contribution in [3.63, 3.8) is 0 Å². The van der Waals surface area contributed by atoms with Crippen LogP contribution in [0.15, 0.2) is 12.1 Å². The second-order valence-electron chi connectivity index (χ2n) is 10.3. The van der Waals surface area contributed by atoms with Crippen LogP contribution in [0.3, 0.4) is 0 Å². The van der Waals surface area contributed by atoms with Crippen LogP contribution >= 0.6 is 0 Å². The summed E-state index contributed by atoms with van der Waals surface area (Å²) >= 11 is 0. The molecule has 0 N–H and O–H groups in total. The standard InChI is InChI=1S/C26H39N3O5/c1-17(2)29(19-11-9-8-10-12-19)23(30)20-16-21-22(15-18(20)3)34-26(4,5)24(31)28(21)13-14-33-25(32)27(6)7/h15-17,19H,8-14H2,1-7H3. The lowest BCUT2D eigenvalue weighted by atomic mass is 9.92. The summed E-state index contributed by atoms with van der Waals surface area (Å²) in [5, 5.41) is 0. The third-order valence-corrected chi connectivity index (χ3v) is 6.62. The van der Waals surface area contributed by atoms with Gasteiger partial charge in [-0.15, -0.1) is 0 Å². The number of fused-ring (bicyclic) bond motifs is 1. The van der Waals surface area contributed by atoms with Gasteiger partial charge in [-0.2, -0.15) is 0 Å². The number of ether oxygens (including phenoxy) is 2. The lowest BCUT2D eigenvalue weighted by Gasteiger charge is -2.40. The predicted molar refractivity (Wildman–Crippen MR) is 131 cm³/mol. The molecule has 1 aliphatic heterocycles. The Bertz CT molecular complexity index is 935. The van der Waals surface area contributed by atoms with Crippen LogP contribution in [0.25, 0.3) is 0 Å². The van der Waals surface area contributed by atoms with E-state index in [4.69, 9.17) is 9.47 Å². The number of hydrogen-bond donors (Lipinski definition) is 0. The third kappa shape index (κ3) is 5.31. The average molecular weight is 474 g/mol. The summed E-state index contributed by atoms with van der Waals surface area (Å²) in [5.74, 6) is 0.293. The molecule has 8 nitrogen and oxygen atoms in total. The van der Waals surface area contributed by atoms with E-state index in [1.807, 2.05) is 17.9 Å². The lowest BCUT2D eigenvalue weighted by molar-refractivity contribution is -0.132. The molecule has 1 saturated carbocycles. The van der Waals surface area contributed by atoms with E-state index in [0.717, 1.165) is 31.2 Å². The summed E-state index contributed by atoms with van der Waals surface area (Å²) < 4.78 is 11.3. The first kappa shape index (κ1) is 25.8. The Hall–Kier alpha value is -2.77. The molecule has 8 heteroatoms. The van der Waals surface area contributed by atoms with Crippen molar-refractivity contribution in [1.82, 2.24) is 9.80 Å². The van der Waals surface area contributed by atoms with Gasteiger partial charge >= 0.3 is 6.09 Å². The van der Waals surface area contributed by atoms with E-state index in [0.29, 0.717) is 17.0 Å². The second kappa shape index (κ2) is 10.2. The van der Waals surface area contributed by atoms with Crippen LogP contribution in [0.1, 0.15) is 75.7 Å². The lowest BCUT2D eigenvalue weighted by Crippen LogP contribution is -2.53. The Morgan fingerprint density at radius 3 is 2.41 bits per heavy atom. The molecule has 0 aromatic heterocycles. The summed E-state index contributed by atoms with van der Waals surface area (Å²) in [6.45, 7) is 9.66. The molecule has 188 valence electrons. The van der Waals surface area contributed by atoms with Crippen LogP contribution in [0.2, 0.25) is 0 Å². The highest BCUT2D eigenvalue weighted by atomic mass is 16.6. The van der Waals surface area contributed by atoms with Crippen molar-refractivity contribution >= 4 is 23.6 Å². The van der Waals surface area contributed by atoms with Gasteiger partial charge in [0.1, 0.15) is 12.4 Å². The minimum absolute atomic E-state index is 0.0153. The topological polar surface area (TPSA) is 79.4 Å². The number of hydrogen-bond acceptors (Lipinski definition) is 5. The Balaban J connectivity index is 1.95. The summed E-state index contributed by atoms with van der Waals surface area (Å²) in [6.07, 6.45) is 5.07. The Morgan fingerprint density at radius 2 is 1.82 bits per heavy atom. The summed E-state index contributed by atoms with van der Waals surface area (Å²) in [4.78, 5) is 43.8. The number of amides is 3. The van der Waals surface area contributed by atoms with Crippen LogP contribution in [0, 0.1) is 6.92 Å². The van der Waals surface area contributed by atoms with E-state index in [1.165, 1.54) is 11.3 Å². The van der Waals surface area contributed by atoms with Gasteiger partial charge in [0.15, 0.2) is 5.60 Å². The van der Waals surface area contributed by atoms with Gasteiger partial charge in [-0.25, -0.2) is 4.79 Å². The fourth-order valence-corrected chi connectivity index (χ4v) is 4.84. The zero-order valence-corrected chi connectivity index (χ0v) is 21.6. The number of anilines is 1. The molecule has 1 aliphatic carbocycles. The molecule has 0 spiro atoms. The van der Waals surface area contributed by atoms with Gasteiger partial charge in [0.25, 0.3) is 11.8 Å². The fourth-order valence-electron chi connectivity index (χ4n) is 4.84. The van der Waals surface area contributed by atoms with E-state index in [1.54, 1.807) is 38.9 Å². The van der Waals surface area contributed by atoms with Gasteiger partial charge in [0.05, 0.1) is 12.2 Å². The van der Waals surface area contributed by atoms with E-state index >= 15 is 0 Å². The van der Waals surface area contributed by atoms with E-state index < -0.39 is 11.7 Å². The molecule has 0 unspecified atom stereocenters. The Labute approximate surface area is 203 Å². The first-order chi connectivity index (χ1) is 15.9. The highest BCUT2D eigenvalue weighted by Gasteiger charge is 2.42. The molecule has 1 heterocycles. The average Bonchev–Trinajstić information content (AvgIpc) is 2.76. The van der Waals surface area contributed by atoms with Gasteiger partial charge in [-0.1, -0.05) is 19.3 Å². The van der Waals surface area contributed by atoms with Crippen LogP contribution in [-0.2, 0) is 9.53 Å². The molecule has 2 aliphatic rings. The fraction of sp³-hybridized carbons (Fsp3) is 0.654. The summed E-state index contributed by atoms with van der Waals surface area (Å²) in [5.41, 5.74) is 0.855. The molecule has 0 radical (unpaired) electrons. The summed E-state index contributed by atoms with van der Waals surface area (Å²) in [7, 11) is 3.21. The maximum atomic E-state index is 13.8. The predicted octanol–water partition coefficient (Wildman–Crippen LogP) is 4.38. The van der Waals surface area contributed by atoms with Gasteiger partial charge in [-0.05, 0) is 65.2 Å². The number of rotatable bonds is 6. The molecule has 1 fully saturated rings. The highest BCUT2D eigenvalue weighted by Crippen LogP contribution is 2.40. The number of nitrogens with zero attached hydrogens (tertiary/aromatic N) is 3. The minimum Gasteiger partial charge on any atom is -0.476 e. The van der Waals surface area contributed by atoms with Gasteiger partial charge in [0.2, 0.25) is 0 Å². The molecule has 0 saturated heterocycles. The second-order valence-corrected chi connectivity index (χ2v) is 10.3. The molecular formula is C26H39N3O5. The Morgan fingerprint density at radius 1 is 1.18 bits per heavy atom. The Kier molecular flexibility index (Phi) is 7.78. The molecule has 1 aromatic rings. The van der Waals surface area contributed by atoms with Crippen molar-refractivity contribution in [1.29, 1.82) is 0 Å². The van der Waals surface area contributed by atoms with Crippen LogP contribution < -0.4 is 9.64 Å². The molecule has 0 atom stereocenters. The molecule has 0 bridgehead atoms.